The van der Waals surface area contributed by atoms with E-state index in [0.717, 1.165) is 31.5 Å². The fourth-order valence-corrected chi connectivity index (χ4v) is 2.83. The predicted molar refractivity (Wildman–Crippen MR) is 103 cm³/mol. The summed E-state index contributed by atoms with van der Waals surface area (Å²) in [5, 5.41) is 8.21. The molecule has 1 aromatic heterocycles. The van der Waals surface area contributed by atoms with Crippen LogP contribution in [0.1, 0.15) is 28.8 Å². The number of ether oxygens (including phenoxy) is 1. The maximum absolute atomic E-state index is 5.26. The molecule has 0 saturated carbocycles. The van der Waals surface area contributed by atoms with Crippen molar-refractivity contribution in [3.8, 4) is 12.3 Å². The predicted octanol–water partition coefficient (Wildman–Crippen LogP) is 3.65. The molecule has 3 rings (SSSR count). The third-order valence-corrected chi connectivity index (χ3v) is 4.15. The van der Waals surface area contributed by atoms with Gasteiger partial charge in [-0.25, -0.2) is 0 Å². The van der Waals surface area contributed by atoms with Crippen molar-refractivity contribution in [3.05, 3.63) is 83.2 Å². The van der Waals surface area contributed by atoms with Crippen molar-refractivity contribution in [1.82, 2.24) is 15.0 Å². The van der Waals surface area contributed by atoms with Gasteiger partial charge in [0.2, 0.25) is 0 Å². The van der Waals surface area contributed by atoms with Crippen LogP contribution in [-0.2, 0) is 30.7 Å². The van der Waals surface area contributed by atoms with E-state index in [1.165, 1.54) is 16.7 Å². The summed E-state index contributed by atoms with van der Waals surface area (Å²) < 4.78 is 7.12. The molecular formula is C22H23N3O. The number of aryl methyl sites for hydroxylation is 2. The summed E-state index contributed by atoms with van der Waals surface area (Å²) >= 11 is 0. The summed E-state index contributed by atoms with van der Waals surface area (Å²) in [4.78, 5) is 0. The molecule has 0 aliphatic carbocycles. The number of rotatable bonds is 9. The zero-order chi connectivity index (χ0) is 18.0. The molecule has 132 valence electrons. The summed E-state index contributed by atoms with van der Waals surface area (Å²) in [6, 6.07) is 19.4. The second-order valence-corrected chi connectivity index (χ2v) is 6.25. The lowest BCUT2D eigenvalue weighted by Gasteiger charge is -2.05. The summed E-state index contributed by atoms with van der Waals surface area (Å²) in [5.74, 6) is 2.44. The summed E-state index contributed by atoms with van der Waals surface area (Å²) in [7, 11) is 0. The third-order valence-electron chi connectivity index (χ3n) is 4.15. The normalized spacial score (nSPS) is 10.6. The Hall–Kier alpha value is -2.90. The van der Waals surface area contributed by atoms with Crippen LogP contribution in [0, 0.1) is 12.3 Å². The van der Waals surface area contributed by atoms with Crippen LogP contribution < -0.4 is 0 Å². The van der Waals surface area contributed by atoms with Gasteiger partial charge in [0.25, 0.3) is 0 Å². The molecule has 0 bridgehead atoms. The minimum atomic E-state index is 0.299. The number of benzene rings is 2. The number of hydrogen-bond donors (Lipinski definition) is 0. The lowest BCUT2D eigenvalue weighted by molar-refractivity contribution is 0.150. The molecule has 26 heavy (non-hydrogen) atoms. The van der Waals surface area contributed by atoms with Crippen molar-refractivity contribution >= 4 is 0 Å². The molecule has 1 heterocycles. The molecule has 0 atom stereocenters. The quantitative estimate of drug-likeness (QED) is 0.439. The number of aromatic nitrogens is 3. The highest BCUT2D eigenvalue weighted by Gasteiger charge is 2.02. The first-order chi connectivity index (χ1) is 12.8. The molecule has 0 radical (unpaired) electrons. The van der Waals surface area contributed by atoms with E-state index in [4.69, 9.17) is 11.2 Å². The fraction of sp³-hybridized carbons (Fsp3) is 0.273. The van der Waals surface area contributed by atoms with Gasteiger partial charge >= 0.3 is 0 Å². The van der Waals surface area contributed by atoms with Crippen molar-refractivity contribution < 1.29 is 4.74 Å². The minimum absolute atomic E-state index is 0.299. The van der Waals surface area contributed by atoms with Gasteiger partial charge < -0.3 is 4.74 Å². The summed E-state index contributed by atoms with van der Waals surface area (Å²) in [6.07, 6.45) is 10.1. The van der Waals surface area contributed by atoms with Gasteiger partial charge in [-0.2, -0.15) is 0 Å². The maximum atomic E-state index is 5.26. The summed E-state index contributed by atoms with van der Waals surface area (Å²) in [6.45, 7) is 1.55. The first kappa shape index (κ1) is 17.9. The van der Waals surface area contributed by atoms with E-state index in [2.05, 4.69) is 70.8 Å². The van der Waals surface area contributed by atoms with Crippen LogP contribution in [0.15, 0.2) is 60.8 Å². The van der Waals surface area contributed by atoms with E-state index in [1.807, 2.05) is 10.9 Å². The number of hydrogen-bond acceptors (Lipinski definition) is 3. The fourth-order valence-electron chi connectivity index (χ4n) is 2.83. The van der Waals surface area contributed by atoms with Crippen molar-refractivity contribution in [2.24, 2.45) is 0 Å². The molecule has 0 aliphatic rings. The van der Waals surface area contributed by atoms with E-state index in [0.29, 0.717) is 13.2 Å². The Bertz CT molecular complexity index is 832. The average Bonchev–Trinajstić information content (AvgIpc) is 3.12. The smallest absolute Gasteiger partial charge is 0.108 e. The molecule has 0 amide bonds. The maximum Gasteiger partial charge on any atom is 0.108 e. The monoisotopic (exact) mass is 345 g/mol. The standard InChI is InChI=1S/C22H23N3O/c1-2-15-26-18-22-17-25(24-23-22)14-6-9-19-10-12-21(13-11-19)16-20-7-4-3-5-8-20/h1,3-5,7-8,10-13,17H,6,9,14-16,18H2. The molecule has 0 spiro atoms. The van der Waals surface area contributed by atoms with Gasteiger partial charge in [0.05, 0.1) is 12.8 Å². The average molecular weight is 345 g/mol. The zero-order valence-corrected chi connectivity index (χ0v) is 14.8. The van der Waals surface area contributed by atoms with Gasteiger partial charge in [0.1, 0.15) is 12.3 Å². The van der Waals surface area contributed by atoms with Crippen molar-refractivity contribution in [2.75, 3.05) is 6.61 Å². The topological polar surface area (TPSA) is 39.9 Å². The van der Waals surface area contributed by atoms with Crippen LogP contribution >= 0.6 is 0 Å². The highest BCUT2D eigenvalue weighted by molar-refractivity contribution is 5.28. The minimum Gasteiger partial charge on any atom is -0.362 e. The first-order valence-electron chi connectivity index (χ1n) is 8.85. The molecule has 0 N–H and O–H groups in total. The second kappa shape index (κ2) is 9.55. The van der Waals surface area contributed by atoms with Gasteiger partial charge in [-0.15, -0.1) is 11.5 Å². The van der Waals surface area contributed by atoms with E-state index in [9.17, 15) is 0 Å². The Kier molecular flexibility index (Phi) is 6.58. The lowest BCUT2D eigenvalue weighted by atomic mass is 10.0. The van der Waals surface area contributed by atoms with E-state index >= 15 is 0 Å². The SMILES string of the molecule is C#CCOCc1cn(CCCc2ccc(Cc3ccccc3)cc2)nn1. The Morgan fingerprint density at radius 1 is 0.962 bits per heavy atom. The molecule has 4 nitrogen and oxygen atoms in total. The van der Waals surface area contributed by atoms with Gasteiger partial charge in [-0.3, -0.25) is 4.68 Å². The molecule has 4 heteroatoms. The second-order valence-electron chi connectivity index (χ2n) is 6.25. The van der Waals surface area contributed by atoms with E-state index in [-0.39, 0.29) is 0 Å². The lowest BCUT2D eigenvalue weighted by Crippen LogP contribution is -2.00. The molecule has 0 aliphatic heterocycles. The van der Waals surface area contributed by atoms with E-state index in [1.54, 1.807) is 0 Å². The summed E-state index contributed by atoms with van der Waals surface area (Å²) in [5.41, 5.74) is 4.84. The van der Waals surface area contributed by atoms with E-state index < -0.39 is 0 Å². The zero-order valence-electron chi connectivity index (χ0n) is 14.8. The van der Waals surface area contributed by atoms with Crippen LogP contribution in [0.5, 0.6) is 0 Å². The van der Waals surface area contributed by atoms with Crippen LogP contribution in [0.3, 0.4) is 0 Å². The van der Waals surface area contributed by atoms with Gasteiger partial charge in [0.15, 0.2) is 0 Å². The third kappa shape index (κ3) is 5.58. The number of terminal acetylenes is 1. The van der Waals surface area contributed by atoms with Gasteiger partial charge in [-0.05, 0) is 36.0 Å². The Morgan fingerprint density at radius 2 is 1.69 bits per heavy atom. The van der Waals surface area contributed by atoms with Crippen LogP contribution in [0.25, 0.3) is 0 Å². The molecular weight excluding hydrogens is 322 g/mol. The van der Waals surface area contributed by atoms with Gasteiger partial charge in [0, 0.05) is 6.54 Å². The first-order valence-corrected chi connectivity index (χ1v) is 8.85. The van der Waals surface area contributed by atoms with Crippen LogP contribution in [-0.4, -0.2) is 21.6 Å². The highest BCUT2D eigenvalue weighted by atomic mass is 16.5. The molecule has 2 aromatic carbocycles. The molecule has 3 aromatic rings. The Balaban J connectivity index is 1.43. The Morgan fingerprint density at radius 3 is 2.46 bits per heavy atom. The number of nitrogens with zero attached hydrogens (tertiary/aromatic N) is 3. The highest BCUT2D eigenvalue weighted by Crippen LogP contribution is 2.12. The van der Waals surface area contributed by atoms with Crippen LogP contribution in [0.2, 0.25) is 0 Å². The van der Waals surface area contributed by atoms with Crippen molar-refractivity contribution in [2.45, 2.75) is 32.4 Å². The Labute approximate surface area is 154 Å². The largest absolute Gasteiger partial charge is 0.362 e. The van der Waals surface area contributed by atoms with Crippen molar-refractivity contribution in [3.63, 3.8) is 0 Å². The molecule has 0 saturated heterocycles. The van der Waals surface area contributed by atoms with Crippen LogP contribution in [0.4, 0.5) is 0 Å². The van der Waals surface area contributed by atoms with Gasteiger partial charge in [-0.1, -0.05) is 65.7 Å². The van der Waals surface area contributed by atoms with Crippen molar-refractivity contribution in [1.29, 1.82) is 0 Å². The molecule has 0 fully saturated rings. The molecule has 0 unspecified atom stereocenters.